The lowest BCUT2D eigenvalue weighted by Gasteiger charge is -2.28. The van der Waals surface area contributed by atoms with Crippen LogP contribution in [0.4, 0.5) is 5.69 Å². The molecule has 2 rings (SSSR count). The van der Waals surface area contributed by atoms with Crippen molar-refractivity contribution in [2.24, 2.45) is 0 Å². The first-order chi connectivity index (χ1) is 7.68. The lowest BCUT2D eigenvalue weighted by Crippen LogP contribution is -2.37. The fourth-order valence-electron chi connectivity index (χ4n) is 1.71. The van der Waals surface area contributed by atoms with Crippen molar-refractivity contribution in [1.82, 2.24) is 0 Å². The topological polar surface area (TPSA) is 40.5 Å². The highest BCUT2D eigenvalue weighted by Gasteiger charge is 2.23. The standard InChI is InChI=1S/C13H13NO2/c1-10-7-8-12(13(15)16)14(9-10)11-5-3-2-4-6-11/h2-9,12H,1H3,(H,15,16). The van der Waals surface area contributed by atoms with Crippen LogP contribution >= 0.6 is 0 Å². The van der Waals surface area contributed by atoms with Crippen molar-refractivity contribution in [3.05, 3.63) is 54.3 Å². The summed E-state index contributed by atoms with van der Waals surface area (Å²) in [7, 11) is 0. The molecular formula is C13H13NO2. The fourth-order valence-corrected chi connectivity index (χ4v) is 1.71. The van der Waals surface area contributed by atoms with Crippen molar-refractivity contribution in [1.29, 1.82) is 0 Å². The smallest absolute Gasteiger partial charge is 0.330 e. The number of rotatable bonds is 2. The minimum atomic E-state index is -0.844. The van der Waals surface area contributed by atoms with Crippen molar-refractivity contribution in [2.75, 3.05) is 4.90 Å². The van der Waals surface area contributed by atoms with Crippen molar-refractivity contribution < 1.29 is 9.90 Å². The lowest BCUT2D eigenvalue weighted by molar-refractivity contribution is -0.137. The van der Waals surface area contributed by atoms with E-state index in [1.807, 2.05) is 49.5 Å². The highest BCUT2D eigenvalue weighted by atomic mass is 16.4. The van der Waals surface area contributed by atoms with Crippen LogP contribution in [0.25, 0.3) is 0 Å². The van der Waals surface area contributed by atoms with Gasteiger partial charge in [-0.1, -0.05) is 30.4 Å². The van der Waals surface area contributed by atoms with Gasteiger partial charge in [-0.05, 0) is 24.6 Å². The van der Waals surface area contributed by atoms with Crippen molar-refractivity contribution in [3.8, 4) is 0 Å². The highest BCUT2D eigenvalue weighted by Crippen LogP contribution is 2.22. The molecule has 0 saturated heterocycles. The molecule has 0 fully saturated rings. The van der Waals surface area contributed by atoms with E-state index in [0.717, 1.165) is 11.3 Å². The number of aliphatic carboxylic acids is 1. The van der Waals surface area contributed by atoms with E-state index in [1.165, 1.54) is 0 Å². The average molecular weight is 215 g/mol. The summed E-state index contributed by atoms with van der Waals surface area (Å²) < 4.78 is 0. The summed E-state index contributed by atoms with van der Waals surface area (Å²) in [5.41, 5.74) is 1.93. The second-order valence-electron chi connectivity index (χ2n) is 3.76. The van der Waals surface area contributed by atoms with Crippen LogP contribution in [-0.2, 0) is 4.79 Å². The number of hydrogen-bond donors (Lipinski definition) is 1. The number of anilines is 1. The average Bonchev–Trinajstić information content (AvgIpc) is 2.29. The number of carbonyl (C=O) groups is 1. The van der Waals surface area contributed by atoms with E-state index >= 15 is 0 Å². The summed E-state index contributed by atoms with van der Waals surface area (Å²) in [4.78, 5) is 12.9. The Hall–Kier alpha value is -2.03. The Bertz CT molecular complexity index is 448. The van der Waals surface area contributed by atoms with Gasteiger partial charge in [0.2, 0.25) is 0 Å². The van der Waals surface area contributed by atoms with E-state index in [9.17, 15) is 4.79 Å². The third-order valence-corrected chi connectivity index (χ3v) is 2.49. The van der Waals surface area contributed by atoms with Crippen LogP contribution < -0.4 is 4.90 Å². The van der Waals surface area contributed by atoms with Crippen LogP contribution in [0.2, 0.25) is 0 Å². The molecule has 1 unspecified atom stereocenters. The number of nitrogens with zero attached hydrogens (tertiary/aromatic N) is 1. The quantitative estimate of drug-likeness (QED) is 0.823. The lowest BCUT2D eigenvalue weighted by atomic mass is 10.1. The van der Waals surface area contributed by atoms with Crippen molar-refractivity contribution in [3.63, 3.8) is 0 Å². The first kappa shape index (κ1) is 10.5. The van der Waals surface area contributed by atoms with Gasteiger partial charge in [0.15, 0.2) is 0 Å². The maximum Gasteiger partial charge on any atom is 0.330 e. The normalized spacial score (nSPS) is 19.4. The van der Waals surface area contributed by atoms with Crippen LogP contribution in [0.3, 0.4) is 0 Å². The summed E-state index contributed by atoms with van der Waals surface area (Å²) in [5.74, 6) is -0.844. The van der Waals surface area contributed by atoms with Gasteiger partial charge in [0, 0.05) is 11.9 Å². The van der Waals surface area contributed by atoms with Crippen LogP contribution in [-0.4, -0.2) is 17.1 Å². The van der Waals surface area contributed by atoms with Gasteiger partial charge in [-0.15, -0.1) is 0 Å². The Balaban J connectivity index is 2.37. The first-order valence-electron chi connectivity index (χ1n) is 5.11. The molecular weight excluding hydrogens is 202 g/mol. The van der Waals surface area contributed by atoms with Crippen LogP contribution in [0.1, 0.15) is 6.92 Å². The Morgan fingerprint density at radius 1 is 1.31 bits per heavy atom. The maximum atomic E-state index is 11.1. The largest absolute Gasteiger partial charge is 0.479 e. The summed E-state index contributed by atoms with van der Waals surface area (Å²) >= 11 is 0. The number of benzene rings is 1. The molecule has 1 heterocycles. The minimum Gasteiger partial charge on any atom is -0.479 e. The van der Waals surface area contributed by atoms with Gasteiger partial charge >= 0.3 is 5.97 Å². The van der Waals surface area contributed by atoms with E-state index in [1.54, 1.807) is 11.0 Å². The van der Waals surface area contributed by atoms with E-state index in [-0.39, 0.29) is 0 Å². The zero-order valence-electron chi connectivity index (χ0n) is 9.00. The SMILES string of the molecule is CC1=CN(c2ccccc2)C(C(=O)O)C=C1. The van der Waals surface area contributed by atoms with E-state index in [0.29, 0.717) is 0 Å². The van der Waals surface area contributed by atoms with Crippen molar-refractivity contribution in [2.45, 2.75) is 13.0 Å². The van der Waals surface area contributed by atoms with Gasteiger partial charge in [0.1, 0.15) is 6.04 Å². The number of para-hydroxylation sites is 1. The predicted molar refractivity (Wildman–Crippen MR) is 63.2 cm³/mol. The Morgan fingerprint density at radius 2 is 2.00 bits per heavy atom. The van der Waals surface area contributed by atoms with E-state index in [4.69, 9.17) is 5.11 Å². The minimum absolute atomic E-state index is 0.619. The molecule has 3 nitrogen and oxygen atoms in total. The van der Waals surface area contributed by atoms with Gasteiger partial charge in [0.25, 0.3) is 0 Å². The van der Waals surface area contributed by atoms with Gasteiger partial charge in [-0.25, -0.2) is 4.79 Å². The van der Waals surface area contributed by atoms with Gasteiger partial charge in [-0.3, -0.25) is 0 Å². The molecule has 0 saturated carbocycles. The first-order valence-corrected chi connectivity index (χ1v) is 5.11. The molecule has 16 heavy (non-hydrogen) atoms. The molecule has 0 amide bonds. The van der Waals surface area contributed by atoms with Gasteiger partial charge in [-0.2, -0.15) is 0 Å². The maximum absolute atomic E-state index is 11.1. The van der Waals surface area contributed by atoms with E-state index < -0.39 is 12.0 Å². The summed E-state index contributed by atoms with van der Waals surface area (Å²) in [6.07, 6.45) is 5.39. The van der Waals surface area contributed by atoms with Crippen molar-refractivity contribution >= 4 is 11.7 Å². The van der Waals surface area contributed by atoms with Gasteiger partial charge in [0.05, 0.1) is 0 Å². The third kappa shape index (κ3) is 1.98. The molecule has 0 spiro atoms. The summed E-state index contributed by atoms with van der Waals surface area (Å²) in [6, 6.07) is 8.89. The zero-order chi connectivity index (χ0) is 11.5. The third-order valence-electron chi connectivity index (χ3n) is 2.49. The Labute approximate surface area is 94.3 Å². The molecule has 3 heteroatoms. The molecule has 1 aliphatic rings. The molecule has 1 aliphatic heterocycles. The molecule has 82 valence electrons. The number of carboxylic acids is 1. The molecule has 1 aromatic rings. The number of carboxylic acid groups (broad SMARTS) is 1. The summed E-state index contributed by atoms with van der Waals surface area (Å²) in [6.45, 7) is 1.95. The van der Waals surface area contributed by atoms with Crippen LogP contribution in [0.15, 0.2) is 54.3 Å². The predicted octanol–water partition coefficient (Wildman–Crippen LogP) is 2.42. The molecule has 1 atom stereocenters. The summed E-state index contributed by atoms with van der Waals surface area (Å²) in [5, 5.41) is 9.13. The molecule has 0 radical (unpaired) electrons. The molecule has 1 N–H and O–H groups in total. The zero-order valence-corrected chi connectivity index (χ0v) is 9.00. The molecule has 0 bridgehead atoms. The Morgan fingerprint density at radius 3 is 2.62 bits per heavy atom. The monoisotopic (exact) mass is 215 g/mol. The Kier molecular flexibility index (Phi) is 2.77. The molecule has 1 aromatic carbocycles. The highest BCUT2D eigenvalue weighted by molar-refractivity contribution is 5.82. The number of allylic oxidation sites excluding steroid dienone is 2. The fraction of sp³-hybridized carbons (Fsp3) is 0.154. The number of hydrogen-bond acceptors (Lipinski definition) is 2. The van der Waals surface area contributed by atoms with Crippen LogP contribution in [0, 0.1) is 0 Å². The molecule has 0 aliphatic carbocycles. The second-order valence-corrected chi connectivity index (χ2v) is 3.76. The van der Waals surface area contributed by atoms with Crippen LogP contribution in [0.5, 0.6) is 0 Å². The second kappa shape index (κ2) is 4.23. The molecule has 0 aromatic heterocycles. The van der Waals surface area contributed by atoms with Gasteiger partial charge < -0.3 is 10.0 Å². The van der Waals surface area contributed by atoms with E-state index in [2.05, 4.69) is 0 Å².